The number of hydrogen-bond acceptors (Lipinski definition) is 4. The zero-order valence-corrected chi connectivity index (χ0v) is 15.3. The Balaban J connectivity index is 1.56. The van der Waals surface area contributed by atoms with Crippen molar-refractivity contribution in [3.8, 4) is 16.2 Å². The van der Waals surface area contributed by atoms with Gasteiger partial charge in [0.05, 0.1) is 12.7 Å². The maximum Gasteiger partial charge on any atom is 0.251 e. The lowest BCUT2D eigenvalue weighted by atomic mass is 10.1. The summed E-state index contributed by atoms with van der Waals surface area (Å²) in [4.78, 5) is 13.4. The van der Waals surface area contributed by atoms with Crippen LogP contribution in [0.1, 0.15) is 28.9 Å². The molecule has 0 aliphatic rings. The van der Waals surface area contributed by atoms with E-state index in [0.717, 1.165) is 16.9 Å². The predicted molar refractivity (Wildman–Crippen MR) is 105 cm³/mol. The van der Waals surface area contributed by atoms with Crippen molar-refractivity contribution in [2.75, 3.05) is 13.2 Å². The van der Waals surface area contributed by atoms with Crippen LogP contribution in [0.15, 0.2) is 66.0 Å². The summed E-state index contributed by atoms with van der Waals surface area (Å²) >= 11 is 1.68. The average Bonchev–Trinajstić information content (AvgIpc) is 3.21. The lowest BCUT2D eigenvalue weighted by molar-refractivity contribution is 0.0916. The van der Waals surface area contributed by atoms with Gasteiger partial charge in [-0.1, -0.05) is 30.3 Å². The number of rotatable bonds is 7. The van der Waals surface area contributed by atoms with Crippen LogP contribution in [0.2, 0.25) is 0 Å². The van der Waals surface area contributed by atoms with Gasteiger partial charge >= 0.3 is 0 Å². The van der Waals surface area contributed by atoms with E-state index in [9.17, 15) is 9.90 Å². The highest BCUT2D eigenvalue weighted by molar-refractivity contribution is 7.13. The van der Waals surface area contributed by atoms with E-state index in [1.165, 1.54) is 4.88 Å². The third-order valence-corrected chi connectivity index (χ3v) is 4.90. The van der Waals surface area contributed by atoms with E-state index in [1.54, 1.807) is 35.6 Å². The maximum absolute atomic E-state index is 12.2. The number of amides is 1. The van der Waals surface area contributed by atoms with Crippen LogP contribution >= 0.6 is 11.3 Å². The van der Waals surface area contributed by atoms with Gasteiger partial charge in [0, 0.05) is 17.0 Å². The minimum absolute atomic E-state index is 0.157. The van der Waals surface area contributed by atoms with Crippen LogP contribution in [0.3, 0.4) is 0 Å². The van der Waals surface area contributed by atoms with Gasteiger partial charge in [-0.2, -0.15) is 0 Å². The first-order chi connectivity index (χ1) is 12.7. The molecular weight excluding hydrogens is 346 g/mol. The minimum Gasteiger partial charge on any atom is -0.494 e. The number of thiophene rings is 1. The van der Waals surface area contributed by atoms with Gasteiger partial charge < -0.3 is 15.2 Å². The van der Waals surface area contributed by atoms with E-state index in [4.69, 9.17) is 4.74 Å². The molecule has 1 heterocycles. The molecule has 0 aliphatic carbocycles. The first kappa shape index (κ1) is 18.2. The highest BCUT2D eigenvalue weighted by Gasteiger charge is 2.11. The smallest absolute Gasteiger partial charge is 0.251 e. The van der Waals surface area contributed by atoms with E-state index in [2.05, 4.69) is 11.4 Å². The van der Waals surface area contributed by atoms with Gasteiger partial charge in [0.15, 0.2) is 0 Å². The van der Waals surface area contributed by atoms with Crippen LogP contribution in [0, 0.1) is 0 Å². The van der Waals surface area contributed by atoms with Gasteiger partial charge in [-0.15, -0.1) is 11.3 Å². The molecule has 0 aliphatic heterocycles. The maximum atomic E-state index is 12.2. The Morgan fingerprint density at radius 1 is 1.12 bits per heavy atom. The third kappa shape index (κ3) is 4.50. The number of nitrogens with one attached hydrogen (secondary N) is 1. The highest BCUT2D eigenvalue weighted by Crippen LogP contribution is 2.26. The standard InChI is InChI=1S/C21H21NO3S/c1-2-25-18-11-9-17(10-12-18)21(24)22-14-19(23)15-5-7-16(8-6-15)20-4-3-13-26-20/h3-13,19,23H,2,14H2,1H3,(H,22,24). The molecule has 1 aromatic heterocycles. The molecule has 3 aromatic rings. The zero-order chi connectivity index (χ0) is 18.4. The Bertz CT molecular complexity index is 827. The largest absolute Gasteiger partial charge is 0.494 e. The number of hydrogen-bond donors (Lipinski definition) is 2. The SMILES string of the molecule is CCOc1ccc(C(=O)NCC(O)c2ccc(-c3cccs3)cc2)cc1. The van der Waals surface area contributed by atoms with Crippen LogP contribution in [0.25, 0.3) is 10.4 Å². The van der Waals surface area contributed by atoms with Gasteiger partial charge in [0.2, 0.25) is 0 Å². The van der Waals surface area contributed by atoms with E-state index in [0.29, 0.717) is 12.2 Å². The Kier molecular flexibility index (Phi) is 6.04. The molecule has 0 saturated carbocycles. The van der Waals surface area contributed by atoms with Crippen LogP contribution in [-0.4, -0.2) is 24.2 Å². The normalized spacial score (nSPS) is 11.8. The zero-order valence-electron chi connectivity index (χ0n) is 14.5. The van der Waals surface area contributed by atoms with Gasteiger partial charge in [-0.05, 0) is 53.8 Å². The second-order valence-corrected chi connectivity index (χ2v) is 6.73. The molecule has 2 aromatic carbocycles. The third-order valence-electron chi connectivity index (χ3n) is 3.98. The molecule has 0 fully saturated rings. The Labute approximate surface area is 157 Å². The van der Waals surface area contributed by atoms with Crippen molar-refractivity contribution in [1.29, 1.82) is 0 Å². The first-order valence-corrected chi connectivity index (χ1v) is 9.38. The lowest BCUT2D eigenvalue weighted by Gasteiger charge is -2.13. The number of carbonyl (C=O) groups excluding carboxylic acids is 1. The van der Waals surface area contributed by atoms with Gasteiger partial charge in [0.25, 0.3) is 5.91 Å². The predicted octanol–water partition coefficient (Wildman–Crippen LogP) is 4.28. The van der Waals surface area contributed by atoms with Crippen molar-refractivity contribution in [3.05, 3.63) is 77.2 Å². The van der Waals surface area contributed by atoms with E-state index in [1.807, 2.05) is 42.6 Å². The topological polar surface area (TPSA) is 58.6 Å². The monoisotopic (exact) mass is 367 g/mol. The molecule has 1 amide bonds. The molecule has 3 rings (SSSR count). The molecule has 2 N–H and O–H groups in total. The molecule has 1 atom stereocenters. The molecule has 0 spiro atoms. The van der Waals surface area contributed by atoms with E-state index in [-0.39, 0.29) is 12.5 Å². The summed E-state index contributed by atoms with van der Waals surface area (Å²) in [6.07, 6.45) is -0.751. The lowest BCUT2D eigenvalue weighted by Crippen LogP contribution is -2.28. The second-order valence-electron chi connectivity index (χ2n) is 5.78. The van der Waals surface area contributed by atoms with Crippen LogP contribution in [-0.2, 0) is 0 Å². The van der Waals surface area contributed by atoms with Crippen LogP contribution in [0.4, 0.5) is 0 Å². The number of aliphatic hydroxyl groups is 1. The fraction of sp³-hybridized carbons (Fsp3) is 0.190. The molecule has 4 nitrogen and oxygen atoms in total. The summed E-state index contributed by atoms with van der Waals surface area (Å²) in [6, 6.07) is 18.8. The summed E-state index contributed by atoms with van der Waals surface area (Å²) in [6.45, 7) is 2.66. The van der Waals surface area contributed by atoms with E-state index >= 15 is 0 Å². The number of carbonyl (C=O) groups is 1. The van der Waals surface area contributed by atoms with Crippen molar-refractivity contribution >= 4 is 17.2 Å². The van der Waals surface area contributed by atoms with Crippen molar-refractivity contribution in [1.82, 2.24) is 5.32 Å². The summed E-state index contributed by atoms with van der Waals surface area (Å²) < 4.78 is 5.36. The van der Waals surface area contributed by atoms with Crippen LogP contribution in [0.5, 0.6) is 5.75 Å². The number of ether oxygens (including phenoxy) is 1. The van der Waals surface area contributed by atoms with Gasteiger partial charge in [-0.25, -0.2) is 0 Å². The van der Waals surface area contributed by atoms with Crippen molar-refractivity contribution in [3.63, 3.8) is 0 Å². The molecule has 0 bridgehead atoms. The summed E-state index contributed by atoms with van der Waals surface area (Å²) in [5.74, 6) is 0.511. The molecule has 1 unspecified atom stereocenters. The quantitative estimate of drug-likeness (QED) is 0.655. The Morgan fingerprint density at radius 3 is 2.46 bits per heavy atom. The van der Waals surface area contributed by atoms with Crippen molar-refractivity contribution < 1.29 is 14.6 Å². The molecule has 0 saturated heterocycles. The summed E-state index contributed by atoms with van der Waals surface area (Å²) in [7, 11) is 0. The Hall–Kier alpha value is -2.63. The minimum atomic E-state index is -0.751. The summed E-state index contributed by atoms with van der Waals surface area (Å²) in [5.41, 5.74) is 2.43. The van der Waals surface area contributed by atoms with Crippen LogP contribution < -0.4 is 10.1 Å². The molecule has 26 heavy (non-hydrogen) atoms. The molecular formula is C21H21NO3S. The fourth-order valence-electron chi connectivity index (χ4n) is 2.59. The molecule has 5 heteroatoms. The first-order valence-electron chi connectivity index (χ1n) is 8.50. The van der Waals surface area contributed by atoms with Crippen molar-refractivity contribution in [2.45, 2.75) is 13.0 Å². The van der Waals surface area contributed by atoms with Gasteiger partial charge in [0.1, 0.15) is 5.75 Å². The molecule has 0 radical (unpaired) electrons. The Morgan fingerprint density at radius 2 is 1.85 bits per heavy atom. The average molecular weight is 367 g/mol. The number of aliphatic hydroxyl groups excluding tert-OH is 1. The fourth-order valence-corrected chi connectivity index (χ4v) is 3.32. The van der Waals surface area contributed by atoms with Crippen molar-refractivity contribution in [2.24, 2.45) is 0 Å². The molecule has 134 valence electrons. The second kappa shape index (κ2) is 8.65. The van der Waals surface area contributed by atoms with Gasteiger partial charge in [-0.3, -0.25) is 4.79 Å². The van der Waals surface area contributed by atoms with E-state index < -0.39 is 6.10 Å². The highest BCUT2D eigenvalue weighted by atomic mass is 32.1. The summed E-state index contributed by atoms with van der Waals surface area (Å²) in [5, 5.41) is 15.1. The number of benzene rings is 2.